The van der Waals surface area contributed by atoms with Crippen LogP contribution in [0, 0.1) is 18.8 Å². The van der Waals surface area contributed by atoms with Crippen LogP contribution in [-0.2, 0) is 20.8 Å². The van der Waals surface area contributed by atoms with Crippen LogP contribution in [-0.4, -0.2) is 84.6 Å². The van der Waals surface area contributed by atoms with Crippen LogP contribution >= 0.6 is 0 Å². The van der Waals surface area contributed by atoms with E-state index in [1.807, 2.05) is 24.9 Å². The minimum absolute atomic E-state index is 0.241. The monoisotopic (exact) mass is 597 g/mol. The number of halogens is 3. The van der Waals surface area contributed by atoms with Gasteiger partial charge in [0.2, 0.25) is 5.91 Å². The fourth-order valence-corrected chi connectivity index (χ4v) is 6.17. The molecule has 2 aliphatic rings. The molecule has 42 heavy (non-hydrogen) atoms. The van der Waals surface area contributed by atoms with Gasteiger partial charge in [-0.3, -0.25) is 9.59 Å². The highest BCUT2D eigenvalue weighted by molar-refractivity contribution is 5.85. The van der Waals surface area contributed by atoms with E-state index in [9.17, 15) is 32.7 Å². The minimum atomic E-state index is -4.79. The molecule has 234 valence electrons. The predicted molar refractivity (Wildman–Crippen MR) is 150 cm³/mol. The van der Waals surface area contributed by atoms with Crippen LogP contribution < -0.4 is 16.3 Å². The molecule has 3 rings (SSSR count). The lowest BCUT2D eigenvalue weighted by Gasteiger charge is -2.43. The van der Waals surface area contributed by atoms with Gasteiger partial charge in [0.25, 0.3) is 0 Å². The third-order valence-electron chi connectivity index (χ3n) is 8.20. The number of alkyl halides is 3. The van der Waals surface area contributed by atoms with Crippen LogP contribution in [0.2, 0.25) is 0 Å². The molecule has 1 aromatic rings. The van der Waals surface area contributed by atoms with Gasteiger partial charge in [-0.1, -0.05) is 18.9 Å². The number of likely N-dealkylation sites (N-methyl/N-ethyl adjacent to an activating group) is 1. The van der Waals surface area contributed by atoms with Gasteiger partial charge in [-0.2, -0.15) is 13.2 Å². The summed E-state index contributed by atoms with van der Waals surface area (Å²) in [5, 5.41) is 10.3. The van der Waals surface area contributed by atoms with Crippen LogP contribution in [0.5, 0.6) is 5.75 Å². The number of hydrogen-bond donors (Lipinski definition) is 3. The zero-order valence-electron chi connectivity index (χ0n) is 24.5. The van der Waals surface area contributed by atoms with Crippen molar-refractivity contribution in [1.82, 2.24) is 14.8 Å². The van der Waals surface area contributed by atoms with Crippen LogP contribution in [0.4, 0.5) is 13.2 Å². The second-order valence-electron chi connectivity index (χ2n) is 11.2. The van der Waals surface area contributed by atoms with Crippen molar-refractivity contribution in [3.63, 3.8) is 0 Å². The SMILES string of the molecule is Cc1ccc(OC/C(N)=C(/N(C)N)C(F)(F)F)c2c1CCN(C(=O)C1CCCCC1C(=O)O)C2CN(C)CCCC=O. The summed E-state index contributed by atoms with van der Waals surface area (Å²) in [6.45, 7) is 2.62. The van der Waals surface area contributed by atoms with E-state index >= 15 is 0 Å². The molecule has 1 heterocycles. The Morgan fingerprint density at radius 2 is 1.86 bits per heavy atom. The van der Waals surface area contributed by atoms with Crippen molar-refractivity contribution in [2.24, 2.45) is 23.4 Å². The standard InChI is InChI=1S/C29H42F3N5O5/c1-18-10-11-24(42-17-22(33)26(36(3)34)29(30,31)32)25-19(18)12-14-37(23(25)16-35(2)13-6-7-15-38)27(39)20-8-4-5-9-21(20)28(40)41/h10-11,15,20-21,23H,4-9,12-14,16-17,33-34H2,1-3H3,(H,40,41)/b26-22-. The highest BCUT2D eigenvalue weighted by atomic mass is 19.4. The lowest BCUT2D eigenvalue weighted by molar-refractivity contribution is -0.153. The van der Waals surface area contributed by atoms with Crippen LogP contribution in [0.3, 0.4) is 0 Å². The second kappa shape index (κ2) is 14.2. The number of ether oxygens (including phenoxy) is 1. The molecule has 0 radical (unpaired) electrons. The van der Waals surface area contributed by atoms with Gasteiger partial charge >= 0.3 is 12.1 Å². The Labute approximate surface area is 244 Å². The third kappa shape index (κ3) is 7.74. The minimum Gasteiger partial charge on any atom is -0.487 e. The number of carbonyl (C=O) groups is 3. The molecule has 0 saturated heterocycles. The number of allylic oxidation sites excluding steroid dienone is 1. The molecule has 1 aliphatic heterocycles. The van der Waals surface area contributed by atoms with Gasteiger partial charge < -0.3 is 35.2 Å². The van der Waals surface area contributed by atoms with Gasteiger partial charge in [0, 0.05) is 32.1 Å². The maximum absolute atomic E-state index is 14.1. The van der Waals surface area contributed by atoms with E-state index < -0.39 is 48.0 Å². The van der Waals surface area contributed by atoms with Crippen molar-refractivity contribution in [3.8, 4) is 5.75 Å². The Balaban J connectivity index is 2.04. The Hall–Kier alpha value is -3.32. The Morgan fingerprint density at radius 1 is 1.19 bits per heavy atom. The number of hydrazine groups is 1. The molecular formula is C29H42F3N5O5. The van der Waals surface area contributed by atoms with Gasteiger partial charge in [-0.15, -0.1) is 0 Å². The van der Waals surface area contributed by atoms with Crippen molar-refractivity contribution in [2.45, 2.75) is 64.1 Å². The van der Waals surface area contributed by atoms with E-state index in [1.165, 1.54) is 0 Å². The summed E-state index contributed by atoms with van der Waals surface area (Å²) in [7, 11) is 2.91. The number of carboxylic acid groups (broad SMARTS) is 1. The van der Waals surface area contributed by atoms with Crippen molar-refractivity contribution >= 4 is 18.2 Å². The average Bonchev–Trinajstić information content (AvgIpc) is 2.91. The number of aryl methyl sites for hydroxylation is 1. The number of unbranched alkanes of at least 4 members (excludes halogenated alkanes) is 1. The lowest BCUT2D eigenvalue weighted by atomic mass is 9.77. The number of aldehydes is 1. The number of carbonyl (C=O) groups excluding carboxylic acids is 2. The maximum Gasteiger partial charge on any atom is 0.434 e. The van der Waals surface area contributed by atoms with Crippen LogP contribution in [0.25, 0.3) is 0 Å². The zero-order valence-corrected chi connectivity index (χ0v) is 24.5. The fraction of sp³-hybridized carbons (Fsp3) is 0.621. The molecule has 1 fully saturated rings. The summed E-state index contributed by atoms with van der Waals surface area (Å²) in [6, 6.07) is 2.92. The third-order valence-corrected chi connectivity index (χ3v) is 8.20. The number of amides is 1. The summed E-state index contributed by atoms with van der Waals surface area (Å²) in [6.07, 6.45) is -0.0568. The first-order valence-corrected chi connectivity index (χ1v) is 14.2. The Morgan fingerprint density at radius 3 is 2.45 bits per heavy atom. The summed E-state index contributed by atoms with van der Waals surface area (Å²) in [5.74, 6) is 3.04. The summed E-state index contributed by atoms with van der Waals surface area (Å²) in [4.78, 5) is 40.7. The second-order valence-corrected chi connectivity index (χ2v) is 11.2. The van der Waals surface area contributed by atoms with Crippen LogP contribution in [0.15, 0.2) is 23.5 Å². The molecule has 0 aromatic heterocycles. The average molecular weight is 598 g/mol. The molecular weight excluding hydrogens is 555 g/mol. The first-order valence-electron chi connectivity index (χ1n) is 14.2. The first kappa shape index (κ1) is 33.2. The molecule has 10 nitrogen and oxygen atoms in total. The van der Waals surface area contributed by atoms with E-state index in [1.54, 1.807) is 11.0 Å². The molecule has 0 spiro atoms. The molecule has 1 aromatic carbocycles. The zero-order chi connectivity index (χ0) is 31.2. The highest BCUT2D eigenvalue weighted by Gasteiger charge is 2.43. The van der Waals surface area contributed by atoms with Gasteiger partial charge in [-0.05, 0) is 63.4 Å². The topological polar surface area (TPSA) is 142 Å². The van der Waals surface area contributed by atoms with Crippen molar-refractivity contribution in [2.75, 3.05) is 40.3 Å². The number of benzene rings is 1. The Kier molecular flexibility index (Phi) is 11.2. The van der Waals surface area contributed by atoms with E-state index in [-0.39, 0.29) is 5.91 Å². The molecule has 13 heteroatoms. The molecule has 3 unspecified atom stereocenters. The number of aliphatic carboxylic acids is 1. The Bertz CT molecular complexity index is 1170. The number of nitrogens with zero attached hydrogens (tertiary/aromatic N) is 3. The number of fused-ring (bicyclic) bond motifs is 1. The van der Waals surface area contributed by atoms with Crippen molar-refractivity contribution in [1.29, 1.82) is 0 Å². The summed E-state index contributed by atoms with van der Waals surface area (Å²) < 4.78 is 46.7. The van der Waals surface area contributed by atoms with Crippen molar-refractivity contribution in [3.05, 3.63) is 40.2 Å². The number of carboxylic acids is 1. The first-order chi connectivity index (χ1) is 19.8. The molecule has 3 atom stereocenters. The van der Waals surface area contributed by atoms with E-state index in [0.29, 0.717) is 68.1 Å². The lowest BCUT2D eigenvalue weighted by Crippen LogP contribution is -2.49. The van der Waals surface area contributed by atoms with E-state index in [0.717, 1.165) is 37.3 Å². The quantitative estimate of drug-likeness (QED) is 0.143. The summed E-state index contributed by atoms with van der Waals surface area (Å²) in [5.41, 5.74) is 6.54. The number of nitrogens with two attached hydrogens (primary N) is 2. The summed E-state index contributed by atoms with van der Waals surface area (Å²) >= 11 is 0. The van der Waals surface area contributed by atoms with E-state index in [2.05, 4.69) is 0 Å². The van der Waals surface area contributed by atoms with Gasteiger partial charge in [0.15, 0.2) is 5.70 Å². The van der Waals surface area contributed by atoms with Crippen LogP contribution in [0.1, 0.15) is 61.3 Å². The van der Waals surface area contributed by atoms with Gasteiger partial charge in [-0.25, -0.2) is 5.84 Å². The largest absolute Gasteiger partial charge is 0.487 e. The normalized spacial score (nSPS) is 21.4. The van der Waals surface area contributed by atoms with Gasteiger partial charge in [0.05, 0.1) is 23.6 Å². The van der Waals surface area contributed by atoms with Crippen molar-refractivity contribution < 1.29 is 37.4 Å². The van der Waals surface area contributed by atoms with Gasteiger partial charge in [0.1, 0.15) is 18.6 Å². The molecule has 0 bridgehead atoms. The predicted octanol–water partition coefficient (Wildman–Crippen LogP) is 3.14. The molecule has 1 saturated carbocycles. The number of hydrogen-bond acceptors (Lipinski definition) is 8. The molecule has 1 aliphatic carbocycles. The smallest absolute Gasteiger partial charge is 0.434 e. The number of rotatable bonds is 12. The molecule has 1 amide bonds. The molecule has 5 N–H and O–H groups in total. The van der Waals surface area contributed by atoms with E-state index in [4.69, 9.17) is 16.3 Å². The highest BCUT2D eigenvalue weighted by Crippen LogP contribution is 2.42. The fourth-order valence-electron chi connectivity index (χ4n) is 6.17. The maximum atomic E-state index is 14.1.